The molecule has 0 bridgehead atoms. The average molecular weight is 325 g/mol. The van der Waals surface area contributed by atoms with Crippen molar-refractivity contribution in [3.05, 3.63) is 66.2 Å². The Labute approximate surface area is 140 Å². The van der Waals surface area contributed by atoms with Crippen molar-refractivity contribution in [2.24, 2.45) is 0 Å². The van der Waals surface area contributed by atoms with E-state index in [1.54, 1.807) is 6.08 Å². The summed E-state index contributed by atoms with van der Waals surface area (Å²) in [6.07, 6.45) is 3.56. The molecule has 0 fully saturated rings. The highest BCUT2D eigenvalue weighted by Gasteiger charge is 2.00. The van der Waals surface area contributed by atoms with Gasteiger partial charge in [0.15, 0.2) is 0 Å². The van der Waals surface area contributed by atoms with Gasteiger partial charge in [-0.1, -0.05) is 30.3 Å². The van der Waals surface area contributed by atoms with E-state index >= 15 is 0 Å². The van der Waals surface area contributed by atoms with Gasteiger partial charge in [-0.25, -0.2) is 0 Å². The van der Waals surface area contributed by atoms with Crippen LogP contribution < -0.4 is 10.1 Å². The van der Waals surface area contributed by atoms with Crippen LogP contribution in [-0.4, -0.2) is 23.5 Å². The predicted octanol–water partition coefficient (Wildman–Crippen LogP) is 3.47. The van der Waals surface area contributed by atoms with Crippen LogP contribution in [0.3, 0.4) is 0 Å². The summed E-state index contributed by atoms with van der Waals surface area (Å²) in [6.45, 7) is 0.340. The van der Waals surface area contributed by atoms with Crippen molar-refractivity contribution in [1.29, 1.82) is 0 Å². The number of carboxylic acid groups (broad SMARTS) is 1. The zero-order valence-corrected chi connectivity index (χ0v) is 13.1. The number of rotatable bonds is 8. The fourth-order valence-electron chi connectivity index (χ4n) is 1.99. The first-order valence-corrected chi connectivity index (χ1v) is 7.64. The minimum atomic E-state index is -0.866. The molecular weight excluding hydrogens is 306 g/mol. The maximum absolute atomic E-state index is 11.7. The van der Waals surface area contributed by atoms with Crippen LogP contribution in [0.25, 0.3) is 6.08 Å². The number of amides is 1. The summed E-state index contributed by atoms with van der Waals surface area (Å²) >= 11 is 0. The van der Waals surface area contributed by atoms with E-state index in [0.717, 1.165) is 11.3 Å². The number of carbonyl (C=O) groups excluding carboxylic acids is 1. The Kier molecular flexibility index (Phi) is 6.58. The Balaban J connectivity index is 1.87. The number of hydrogen-bond acceptors (Lipinski definition) is 3. The summed E-state index contributed by atoms with van der Waals surface area (Å²) in [4.78, 5) is 22.0. The standard InChI is InChI=1S/C19H19NO4/c21-18(20-13-5-10-19(22)23)12-11-15-6-4-9-17(14-15)24-16-7-2-1-3-8-16/h1-4,6-9,11-12,14H,5,10,13H2,(H,20,21)(H,22,23). The van der Waals surface area contributed by atoms with E-state index < -0.39 is 5.97 Å². The minimum absolute atomic E-state index is 0.0445. The lowest BCUT2D eigenvalue weighted by molar-refractivity contribution is -0.137. The SMILES string of the molecule is O=C(O)CCCNC(=O)C=Cc1cccc(Oc2ccccc2)c1. The van der Waals surface area contributed by atoms with Gasteiger partial charge in [0.25, 0.3) is 0 Å². The van der Waals surface area contributed by atoms with Gasteiger partial charge in [-0.2, -0.15) is 0 Å². The third-order valence-corrected chi connectivity index (χ3v) is 3.13. The molecular formula is C19H19NO4. The Bertz CT molecular complexity index is 710. The summed E-state index contributed by atoms with van der Waals surface area (Å²) in [5.74, 6) is 0.310. The Morgan fingerprint density at radius 3 is 2.54 bits per heavy atom. The predicted molar refractivity (Wildman–Crippen MR) is 91.9 cm³/mol. The number of para-hydroxylation sites is 1. The quantitative estimate of drug-likeness (QED) is 0.575. The van der Waals surface area contributed by atoms with E-state index in [0.29, 0.717) is 18.7 Å². The molecule has 0 aliphatic heterocycles. The number of nitrogens with one attached hydrogen (secondary N) is 1. The van der Waals surface area contributed by atoms with Crippen molar-refractivity contribution in [3.8, 4) is 11.5 Å². The van der Waals surface area contributed by atoms with Gasteiger partial charge in [-0.15, -0.1) is 0 Å². The molecule has 2 rings (SSSR count). The first-order valence-electron chi connectivity index (χ1n) is 7.64. The molecule has 2 aromatic rings. The van der Waals surface area contributed by atoms with Crippen LogP contribution in [-0.2, 0) is 9.59 Å². The van der Waals surface area contributed by atoms with Gasteiger partial charge in [0.1, 0.15) is 11.5 Å². The molecule has 2 aromatic carbocycles. The number of aliphatic carboxylic acids is 1. The zero-order chi connectivity index (χ0) is 17.2. The molecule has 0 unspecified atom stereocenters. The fraction of sp³-hybridized carbons (Fsp3) is 0.158. The molecule has 5 nitrogen and oxygen atoms in total. The Morgan fingerprint density at radius 1 is 1.04 bits per heavy atom. The molecule has 0 aliphatic rings. The summed E-state index contributed by atoms with van der Waals surface area (Å²) in [6, 6.07) is 16.8. The van der Waals surface area contributed by atoms with Crippen LogP contribution in [0.15, 0.2) is 60.7 Å². The number of carboxylic acids is 1. The van der Waals surface area contributed by atoms with E-state index in [9.17, 15) is 9.59 Å². The molecule has 0 aliphatic carbocycles. The third kappa shape index (κ3) is 6.36. The topological polar surface area (TPSA) is 75.6 Å². The van der Waals surface area contributed by atoms with Crippen LogP contribution in [0.5, 0.6) is 11.5 Å². The van der Waals surface area contributed by atoms with Gasteiger partial charge in [0, 0.05) is 19.0 Å². The van der Waals surface area contributed by atoms with Crippen LogP contribution in [0.1, 0.15) is 18.4 Å². The second-order valence-corrected chi connectivity index (χ2v) is 5.11. The van der Waals surface area contributed by atoms with Crippen molar-refractivity contribution in [2.75, 3.05) is 6.54 Å². The lowest BCUT2D eigenvalue weighted by atomic mass is 10.2. The zero-order valence-electron chi connectivity index (χ0n) is 13.1. The summed E-state index contributed by atoms with van der Waals surface area (Å²) in [5, 5.41) is 11.2. The number of hydrogen-bond donors (Lipinski definition) is 2. The molecule has 0 spiro atoms. The van der Waals surface area contributed by atoms with Crippen molar-refractivity contribution in [2.45, 2.75) is 12.8 Å². The van der Waals surface area contributed by atoms with Gasteiger partial charge in [-0.05, 0) is 42.3 Å². The van der Waals surface area contributed by atoms with E-state index in [4.69, 9.17) is 9.84 Å². The van der Waals surface area contributed by atoms with Gasteiger partial charge in [0.2, 0.25) is 5.91 Å². The minimum Gasteiger partial charge on any atom is -0.481 e. The van der Waals surface area contributed by atoms with E-state index in [1.807, 2.05) is 54.6 Å². The molecule has 24 heavy (non-hydrogen) atoms. The number of benzene rings is 2. The lowest BCUT2D eigenvalue weighted by Crippen LogP contribution is -2.22. The Hall–Kier alpha value is -3.08. The highest BCUT2D eigenvalue weighted by molar-refractivity contribution is 5.91. The van der Waals surface area contributed by atoms with Gasteiger partial charge in [-0.3, -0.25) is 9.59 Å². The highest BCUT2D eigenvalue weighted by atomic mass is 16.5. The molecule has 0 aromatic heterocycles. The second kappa shape index (κ2) is 9.15. The first-order chi connectivity index (χ1) is 11.6. The van der Waals surface area contributed by atoms with E-state index in [-0.39, 0.29) is 12.3 Å². The van der Waals surface area contributed by atoms with Gasteiger partial charge >= 0.3 is 5.97 Å². The highest BCUT2D eigenvalue weighted by Crippen LogP contribution is 2.22. The van der Waals surface area contributed by atoms with Crippen LogP contribution in [0, 0.1) is 0 Å². The maximum atomic E-state index is 11.7. The fourth-order valence-corrected chi connectivity index (χ4v) is 1.99. The molecule has 0 radical (unpaired) electrons. The Morgan fingerprint density at radius 2 is 1.79 bits per heavy atom. The molecule has 0 atom stereocenters. The monoisotopic (exact) mass is 325 g/mol. The van der Waals surface area contributed by atoms with Crippen molar-refractivity contribution < 1.29 is 19.4 Å². The molecule has 0 saturated heterocycles. The van der Waals surface area contributed by atoms with Crippen LogP contribution in [0.4, 0.5) is 0 Å². The average Bonchev–Trinajstić information content (AvgIpc) is 2.58. The summed E-state index contributed by atoms with van der Waals surface area (Å²) in [7, 11) is 0. The second-order valence-electron chi connectivity index (χ2n) is 5.11. The lowest BCUT2D eigenvalue weighted by Gasteiger charge is -2.06. The van der Waals surface area contributed by atoms with Crippen LogP contribution in [0.2, 0.25) is 0 Å². The molecule has 2 N–H and O–H groups in total. The van der Waals surface area contributed by atoms with Crippen molar-refractivity contribution >= 4 is 18.0 Å². The van der Waals surface area contributed by atoms with Crippen molar-refractivity contribution in [1.82, 2.24) is 5.32 Å². The normalized spacial score (nSPS) is 10.5. The summed E-state index contributed by atoms with van der Waals surface area (Å²) in [5.41, 5.74) is 0.837. The molecule has 124 valence electrons. The summed E-state index contributed by atoms with van der Waals surface area (Å²) < 4.78 is 5.74. The van der Waals surface area contributed by atoms with Crippen LogP contribution >= 0.6 is 0 Å². The molecule has 1 amide bonds. The number of carbonyl (C=O) groups is 2. The third-order valence-electron chi connectivity index (χ3n) is 3.13. The number of ether oxygens (including phenoxy) is 1. The molecule has 5 heteroatoms. The van der Waals surface area contributed by atoms with E-state index in [2.05, 4.69) is 5.32 Å². The van der Waals surface area contributed by atoms with E-state index in [1.165, 1.54) is 6.08 Å². The molecule has 0 saturated carbocycles. The molecule has 0 heterocycles. The van der Waals surface area contributed by atoms with Gasteiger partial charge < -0.3 is 15.2 Å². The maximum Gasteiger partial charge on any atom is 0.303 e. The van der Waals surface area contributed by atoms with Gasteiger partial charge in [0.05, 0.1) is 0 Å². The first kappa shape index (κ1) is 17.3. The largest absolute Gasteiger partial charge is 0.481 e. The van der Waals surface area contributed by atoms with Crippen molar-refractivity contribution in [3.63, 3.8) is 0 Å². The smallest absolute Gasteiger partial charge is 0.303 e.